The number of likely N-dealkylation sites (N-methyl/N-ethyl adjacent to an activating group) is 2. The molecular formula is C20H26N4O4. The number of benzene rings is 2. The Labute approximate surface area is 164 Å². The second kappa shape index (κ2) is 10.1. The molecule has 0 aliphatic carbocycles. The number of aromatic hydroxyl groups is 2. The lowest BCUT2D eigenvalue weighted by molar-refractivity contribution is 0.272. The Morgan fingerprint density at radius 2 is 1.18 bits per heavy atom. The van der Waals surface area contributed by atoms with Gasteiger partial charge in [0, 0.05) is 25.2 Å². The van der Waals surface area contributed by atoms with Crippen LogP contribution in [0.1, 0.15) is 11.1 Å². The minimum absolute atomic E-state index is 0.137. The van der Waals surface area contributed by atoms with Crippen LogP contribution in [0.4, 0.5) is 0 Å². The number of phenolic OH excluding ortho intramolecular Hbond substituents is 2. The van der Waals surface area contributed by atoms with Crippen molar-refractivity contribution in [1.29, 1.82) is 0 Å². The van der Waals surface area contributed by atoms with Gasteiger partial charge in [-0.15, -0.1) is 0 Å². The fraction of sp³-hybridized carbons (Fsp3) is 0.300. The number of methoxy groups -OCH3 is 2. The molecule has 0 spiro atoms. The van der Waals surface area contributed by atoms with Crippen LogP contribution >= 0.6 is 0 Å². The first-order chi connectivity index (χ1) is 13.4. The van der Waals surface area contributed by atoms with Crippen LogP contribution in [0.25, 0.3) is 0 Å². The first kappa shape index (κ1) is 20.9. The minimum Gasteiger partial charge on any atom is -0.507 e. The summed E-state index contributed by atoms with van der Waals surface area (Å²) in [5, 5.41) is 31.9. The van der Waals surface area contributed by atoms with Crippen LogP contribution in [-0.2, 0) is 0 Å². The molecule has 0 atom stereocenters. The van der Waals surface area contributed by atoms with Gasteiger partial charge >= 0.3 is 0 Å². The van der Waals surface area contributed by atoms with Gasteiger partial charge in [-0.2, -0.15) is 10.2 Å². The summed E-state index contributed by atoms with van der Waals surface area (Å²) in [4.78, 5) is 0. The second-order valence-corrected chi connectivity index (χ2v) is 6.10. The van der Waals surface area contributed by atoms with E-state index < -0.39 is 0 Å². The van der Waals surface area contributed by atoms with Gasteiger partial charge in [0.05, 0.1) is 39.7 Å². The van der Waals surface area contributed by atoms with Gasteiger partial charge < -0.3 is 19.7 Å². The van der Waals surface area contributed by atoms with E-state index >= 15 is 0 Å². The van der Waals surface area contributed by atoms with Crippen LogP contribution in [-0.4, -0.2) is 74.1 Å². The molecule has 150 valence electrons. The molecule has 0 unspecified atom stereocenters. The fourth-order valence-electron chi connectivity index (χ4n) is 2.25. The van der Waals surface area contributed by atoms with E-state index in [1.54, 1.807) is 73.1 Å². The van der Waals surface area contributed by atoms with E-state index in [1.165, 1.54) is 0 Å². The van der Waals surface area contributed by atoms with Crippen LogP contribution in [0.3, 0.4) is 0 Å². The molecule has 2 N–H and O–H groups in total. The molecule has 0 saturated heterocycles. The maximum absolute atomic E-state index is 9.88. The number of phenols is 2. The van der Waals surface area contributed by atoms with Gasteiger partial charge in [0.25, 0.3) is 0 Å². The van der Waals surface area contributed by atoms with Crippen LogP contribution in [0.5, 0.6) is 23.0 Å². The highest BCUT2D eigenvalue weighted by molar-refractivity contribution is 5.84. The third-order valence-corrected chi connectivity index (χ3v) is 4.00. The van der Waals surface area contributed by atoms with Gasteiger partial charge in [0.15, 0.2) is 0 Å². The van der Waals surface area contributed by atoms with Crippen LogP contribution in [0, 0.1) is 0 Å². The number of rotatable bonds is 9. The van der Waals surface area contributed by atoms with Crippen molar-refractivity contribution in [2.75, 3.05) is 41.4 Å². The van der Waals surface area contributed by atoms with E-state index in [9.17, 15) is 10.2 Å². The molecule has 8 heteroatoms. The van der Waals surface area contributed by atoms with Gasteiger partial charge in [0.1, 0.15) is 23.0 Å². The molecule has 2 aromatic rings. The largest absolute Gasteiger partial charge is 0.507 e. The monoisotopic (exact) mass is 386 g/mol. The van der Waals surface area contributed by atoms with Gasteiger partial charge in [-0.3, -0.25) is 10.0 Å². The predicted molar refractivity (Wildman–Crippen MR) is 110 cm³/mol. The molecule has 8 nitrogen and oxygen atoms in total. The summed E-state index contributed by atoms with van der Waals surface area (Å²) in [7, 11) is 6.81. The summed E-state index contributed by atoms with van der Waals surface area (Å²) in [6.07, 6.45) is 3.16. The summed E-state index contributed by atoms with van der Waals surface area (Å²) in [5.41, 5.74) is 1.15. The Bertz CT molecular complexity index is 769. The molecule has 0 bridgehead atoms. The molecule has 0 heterocycles. The zero-order valence-corrected chi connectivity index (χ0v) is 16.5. The predicted octanol–water partition coefficient (Wildman–Crippen LogP) is 2.35. The SMILES string of the molecule is COc1ccc(O)c(/C=N\N(C)CCN(C)/N=C\c2cc(OC)ccc2O)c1. The smallest absolute Gasteiger partial charge is 0.124 e. The highest BCUT2D eigenvalue weighted by Gasteiger charge is 2.03. The Kier molecular flexibility index (Phi) is 7.50. The zero-order valence-electron chi connectivity index (χ0n) is 16.5. The zero-order chi connectivity index (χ0) is 20.5. The van der Waals surface area contributed by atoms with Crippen molar-refractivity contribution >= 4 is 12.4 Å². The first-order valence-corrected chi connectivity index (χ1v) is 8.67. The van der Waals surface area contributed by atoms with Gasteiger partial charge in [-0.05, 0) is 36.4 Å². The molecule has 28 heavy (non-hydrogen) atoms. The van der Waals surface area contributed by atoms with Crippen LogP contribution in [0.15, 0.2) is 46.6 Å². The summed E-state index contributed by atoms with van der Waals surface area (Å²) < 4.78 is 10.3. The van der Waals surface area contributed by atoms with E-state index in [0.717, 1.165) is 0 Å². The molecular weight excluding hydrogens is 360 g/mol. The Morgan fingerprint density at radius 3 is 1.54 bits per heavy atom. The summed E-state index contributed by atoms with van der Waals surface area (Å²) in [5.74, 6) is 1.57. The lowest BCUT2D eigenvalue weighted by Gasteiger charge is -2.17. The van der Waals surface area contributed by atoms with Crippen LogP contribution < -0.4 is 9.47 Å². The van der Waals surface area contributed by atoms with E-state index in [2.05, 4.69) is 10.2 Å². The Hall–Kier alpha value is -3.42. The second-order valence-electron chi connectivity index (χ2n) is 6.10. The third-order valence-electron chi connectivity index (χ3n) is 4.00. The van der Waals surface area contributed by atoms with Crippen molar-refractivity contribution in [2.45, 2.75) is 0 Å². The molecule has 2 aromatic carbocycles. The maximum Gasteiger partial charge on any atom is 0.124 e. The van der Waals surface area contributed by atoms with Crippen LogP contribution in [0.2, 0.25) is 0 Å². The van der Waals surface area contributed by atoms with E-state index in [-0.39, 0.29) is 11.5 Å². The third kappa shape index (κ3) is 6.08. The fourth-order valence-corrected chi connectivity index (χ4v) is 2.25. The lowest BCUT2D eigenvalue weighted by atomic mass is 10.2. The van der Waals surface area contributed by atoms with E-state index in [4.69, 9.17) is 9.47 Å². The van der Waals surface area contributed by atoms with Crippen molar-refractivity contribution in [3.63, 3.8) is 0 Å². The highest BCUT2D eigenvalue weighted by atomic mass is 16.5. The molecule has 0 aliphatic rings. The molecule has 0 aliphatic heterocycles. The van der Waals surface area contributed by atoms with Crippen molar-refractivity contribution in [1.82, 2.24) is 10.0 Å². The van der Waals surface area contributed by atoms with Crippen molar-refractivity contribution in [3.8, 4) is 23.0 Å². The van der Waals surface area contributed by atoms with Crippen molar-refractivity contribution < 1.29 is 19.7 Å². The van der Waals surface area contributed by atoms with Gasteiger partial charge in [-0.25, -0.2) is 0 Å². The standard InChI is InChI=1S/C20H26N4O4/c1-23(21-13-15-11-17(27-3)5-7-19(15)25)9-10-24(2)22-14-16-12-18(28-4)6-8-20(16)26/h5-8,11-14,25-26H,9-10H2,1-4H3/b21-13-,22-14-. The normalized spacial score (nSPS) is 11.1. The minimum atomic E-state index is 0.137. The number of ether oxygens (including phenoxy) is 2. The van der Waals surface area contributed by atoms with E-state index in [0.29, 0.717) is 35.7 Å². The van der Waals surface area contributed by atoms with Crippen molar-refractivity contribution in [3.05, 3.63) is 47.5 Å². The topological polar surface area (TPSA) is 90.1 Å². The quantitative estimate of drug-likeness (QED) is 0.508. The molecule has 0 amide bonds. The highest BCUT2D eigenvalue weighted by Crippen LogP contribution is 2.22. The number of hydrogen-bond acceptors (Lipinski definition) is 8. The number of hydrazone groups is 2. The van der Waals surface area contributed by atoms with Gasteiger partial charge in [0.2, 0.25) is 0 Å². The molecule has 0 saturated carbocycles. The molecule has 0 fully saturated rings. The Balaban J connectivity index is 1.89. The summed E-state index contributed by atoms with van der Waals surface area (Å²) in [6, 6.07) is 9.92. The number of nitrogens with zero attached hydrogens (tertiary/aromatic N) is 4. The maximum atomic E-state index is 9.88. The lowest BCUT2D eigenvalue weighted by Crippen LogP contribution is -2.25. The number of hydrogen-bond donors (Lipinski definition) is 2. The van der Waals surface area contributed by atoms with E-state index in [1.807, 2.05) is 14.1 Å². The van der Waals surface area contributed by atoms with Crippen molar-refractivity contribution in [2.24, 2.45) is 10.2 Å². The molecule has 0 aromatic heterocycles. The molecule has 2 rings (SSSR count). The average molecular weight is 386 g/mol. The van der Waals surface area contributed by atoms with Gasteiger partial charge in [-0.1, -0.05) is 0 Å². The molecule has 0 radical (unpaired) electrons. The summed E-state index contributed by atoms with van der Waals surface area (Å²) in [6.45, 7) is 1.22. The average Bonchev–Trinajstić information content (AvgIpc) is 2.71. The first-order valence-electron chi connectivity index (χ1n) is 8.67. The summed E-state index contributed by atoms with van der Waals surface area (Å²) >= 11 is 0. The Morgan fingerprint density at radius 1 is 0.786 bits per heavy atom.